The maximum absolute atomic E-state index is 11.8. The summed E-state index contributed by atoms with van der Waals surface area (Å²) in [6.07, 6.45) is 1.67. The highest BCUT2D eigenvalue weighted by atomic mass is 16.2. The Bertz CT molecular complexity index is 391. The highest BCUT2D eigenvalue weighted by Crippen LogP contribution is 2.11. The first-order chi connectivity index (χ1) is 7.07. The number of aromatic nitrogens is 2. The maximum atomic E-state index is 11.8. The molecule has 1 unspecified atom stereocenters. The van der Waals surface area contributed by atoms with E-state index < -0.39 is 0 Å². The SMILES string of the molecule is CC(CC#N)N(C)C(=O)c1[nH]ncc1N. The van der Waals surface area contributed by atoms with Gasteiger partial charge in [0, 0.05) is 13.1 Å². The molecule has 1 amide bonds. The van der Waals surface area contributed by atoms with Crippen LogP contribution < -0.4 is 5.73 Å². The van der Waals surface area contributed by atoms with Crippen LogP contribution in [0.15, 0.2) is 6.20 Å². The van der Waals surface area contributed by atoms with Gasteiger partial charge >= 0.3 is 0 Å². The van der Waals surface area contributed by atoms with Crippen molar-refractivity contribution in [1.29, 1.82) is 5.26 Å². The molecule has 15 heavy (non-hydrogen) atoms. The normalized spacial score (nSPS) is 11.8. The summed E-state index contributed by atoms with van der Waals surface area (Å²) in [5, 5.41) is 14.7. The summed E-state index contributed by atoms with van der Waals surface area (Å²) in [5.74, 6) is -0.257. The lowest BCUT2D eigenvalue weighted by molar-refractivity contribution is 0.0741. The number of hydrogen-bond acceptors (Lipinski definition) is 4. The number of H-pyrrole nitrogens is 1. The summed E-state index contributed by atoms with van der Waals surface area (Å²) in [6.45, 7) is 1.80. The predicted molar refractivity (Wildman–Crippen MR) is 54.8 cm³/mol. The van der Waals surface area contributed by atoms with E-state index in [4.69, 9.17) is 11.0 Å². The van der Waals surface area contributed by atoms with Gasteiger partial charge in [-0.15, -0.1) is 0 Å². The van der Waals surface area contributed by atoms with Crippen LogP contribution >= 0.6 is 0 Å². The summed E-state index contributed by atoms with van der Waals surface area (Å²) in [5.41, 5.74) is 6.13. The molecule has 80 valence electrons. The van der Waals surface area contributed by atoms with E-state index in [9.17, 15) is 4.79 Å². The number of nitrogens with two attached hydrogens (primary N) is 1. The molecular formula is C9H13N5O. The van der Waals surface area contributed by atoms with Crippen molar-refractivity contribution in [2.75, 3.05) is 12.8 Å². The number of anilines is 1. The summed E-state index contributed by atoms with van der Waals surface area (Å²) >= 11 is 0. The Morgan fingerprint density at radius 1 is 1.87 bits per heavy atom. The summed E-state index contributed by atoms with van der Waals surface area (Å²) in [4.78, 5) is 13.3. The molecule has 1 heterocycles. The van der Waals surface area contributed by atoms with Crippen LogP contribution in [0.5, 0.6) is 0 Å². The van der Waals surface area contributed by atoms with Crippen LogP contribution in [0.4, 0.5) is 5.69 Å². The summed E-state index contributed by atoms with van der Waals surface area (Å²) < 4.78 is 0. The molecule has 0 spiro atoms. The Balaban J connectivity index is 2.78. The number of nitriles is 1. The quantitative estimate of drug-likeness (QED) is 0.747. The van der Waals surface area contributed by atoms with Crippen molar-refractivity contribution in [2.45, 2.75) is 19.4 Å². The van der Waals surface area contributed by atoms with Crippen molar-refractivity contribution in [3.05, 3.63) is 11.9 Å². The first-order valence-electron chi connectivity index (χ1n) is 4.51. The fraction of sp³-hybridized carbons (Fsp3) is 0.444. The van der Waals surface area contributed by atoms with Crippen molar-refractivity contribution >= 4 is 11.6 Å². The van der Waals surface area contributed by atoms with E-state index in [-0.39, 0.29) is 24.1 Å². The second kappa shape index (κ2) is 4.46. The second-order valence-corrected chi connectivity index (χ2v) is 3.33. The Hall–Kier alpha value is -2.03. The first kappa shape index (κ1) is 11.0. The zero-order chi connectivity index (χ0) is 11.4. The van der Waals surface area contributed by atoms with E-state index in [1.165, 1.54) is 11.1 Å². The molecule has 1 aromatic rings. The van der Waals surface area contributed by atoms with Gasteiger partial charge in [-0.3, -0.25) is 9.89 Å². The van der Waals surface area contributed by atoms with E-state index in [1.54, 1.807) is 14.0 Å². The predicted octanol–water partition coefficient (Wildman–Crippen LogP) is 0.366. The van der Waals surface area contributed by atoms with Crippen molar-refractivity contribution in [2.24, 2.45) is 0 Å². The molecule has 0 aliphatic rings. The van der Waals surface area contributed by atoms with Gasteiger partial charge in [-0.25, -0.2) is 0 Å². The minimum Gasteiger partial charge on any atom is -0.396 e. The van der Waals surface area contributed by atoms with Crippen LogP contribution in [0, 0.1) is 11.3 Å². The number of amides is 1. The number of carbonyl (C=O) groups excluding carboxylic acids is 1. The van der Waals surface area contributed by atoms with Crippen LogP contribution in [0.2, 0.25) is 0 Å². The molecule has 0 aromatic carbocycles. The molecule has 0 aliphatic carbocycles. The molecular weight excluding hydrogens is 194 g/mol. The van der Waals surface area contributed by atoms with Crippen molar-refractivity contribution in [3.63, 3.8) is 0 Å². The van der Waals surface area contributed by atoms with Crippen molar-refractivity contribution in [3.8, 4) is 6.07 Å². The van der Waals surface area contributed by atoms with Crippen LogP contribution in [0.1, 0.15) is 23.8 Å². The van der Waals surface area contributed by atoms with Gasteiger partial charge in [0.25, 0.3) is 5.91 Å². The molecule has 1 rings (SSSR count). The third-order valence-electron chi connectivity index (χ3n) is 2.25. The van der Waals surface area contributed by atoms with Gasteiger partial charge in [0.15, 0.2) is 0 Å². The fourth-order valence-electron chi connectivity index (χ4n) is 1.11. The molecule has 0 saturated carbocycles. The lowest BCUT2D eigenvalue weighted by Crippen LogP contribution is -2.35. The van der Waals surface area contributed by atoms with Gasteiger partial charge < -0.3 is 10.6 Å². The van der Waals surface area contributed by atoms with Gasteiger partial charge in [0.05, 0.1) is 24.4 Å². The average Bonchev–Trinajstić information content (AvgIpc) is 2.62. The smallest absolute Gasteiger partial charge is 0.274 e. The lowest BCUT2D eigenvalue weighted by atomic mass is 10.2. The monoisotopic (exact) mass is 207 g/mol. The Labute approximate surface area is 87.7 Å². The highest BCUT2D eigenvalue weighted by molar-refractivity contribution is 5.96. The van der Waals surface area contributed by atoms with Crippen molar-refractivity contribution in [1.82, 2.24) is 15.1 Å². The third-order valence-corrected chi connectivity index (χ3v) is 2.25. The average molecular weight is 207 g/mol. The molecule has 0 aliphatic heterocycles. The largest absolute Gasteiger partial charge is 0.396 e. The highest BCUT2D eigenvalue weighted by Gasteiger charge is 2.20. The number of nitrogens with one attached hydrogen (secondary N) is 1. The molecule has 1 atom stereocenters. The van der Waals surface area contributed by atoms with Gasteiger partial charge in [-0.05, 0) is 6.92 Å². The number of nitrogens with zero attached hydrogens (tertiary/aromatic N) is 3. The van der Waals surface area contributed by atoms with Crippen LogP contribution in [-0.4, -0.2) is 34.1 Å². The molecule has 6 nitrogen and oxygen atoms in total. The number of carbonyl (C=O) groups is 1. The summed E-state index contributed by atoms with van der Waals surface area (Å²) in [6, 6.07) is 1.86. The fourth-order valence-corrected chi connectivity index (χ4v) is 1.11. The summed E-state index contributed by atoms with van der Waals surface area (Å²) in [7, 11) is 1.63. The Kier molecular flexibility index (Phi) is 3.29. The zero-order valence-electron chi connectivity index (χ0n) is 8.69. The van der Waals surface area contributed by atoms with Crippen LogP contribution in [0.25, 0.3) is 0 Å². The zero-order valence-corrected chi connectivity index (χ0v) is 8.69. The van der Waals surface area contributed by atoms with Gasteiger partial charge in [-0.2, -0.15) is 10.4 Å². The number of hydrogen-bond donors (Lipinski definition) is 2. The Morgan fingerprint density at radius 3 is 3.00 bits per heavy atom. The van der Waals surface area contributed by atoms with E-state index >= 15 is 0 Å². The van der Waals surface area contributed by atoms with Gasteiger partial charge in [0.1, 0.15) is 5.69 Å². The van der Waals surface area contributed by atoms with E-state index in [1.807, 2.05) is 6.07 Å². The third kappa shape index (κ3) is 2.26. The van der Waals surface area contributed by atoms with E-state index in [2.05, 4.69) is 10.2 Å². The molecule has 0 saturated heterocycles. The maximum Gasteiger partial charge on any atom is 0.274 e. The van der Waals surface area contributed by atoms with E-state index in [0.29, 0.717) is 5.69 Å². The van der Waals surface area contributed by atoms with E-state index in [0.717, 1.165) is 0 Å². The van der Waals surface area contributed by atoms with Crippen LogP contribution in [0.3, 0.4) is 0 Å². The first-order valence-corrected chi connectivity index (χ1v) is 4.51. The number of aromatic amines is 1. The number of nitrogen functional groups attached to an aromatic ring is 1. The molecule has 0 fully saturated rings. The molecule has 3 N–H and O–H groups in total. The lowest BCUT2D eigenvalue weighted by Gasteiger charge is -2.22. The Morgan fingerprint density at radius 2 is 2.53 bits per heavy atom. The topological polar surface area (TPSA) is 98.8 Å². The minimum atomic E-state index is -0.257. The van der Waals surface area contributed by atoms with Gasteiger partial charge in [0.2, 0.25) is 0 Å². The van der Waals surface area contributed by atoms with Crippen LogP contribution in [-0.2, 0) is 0 Å². The standard InChI is InChI=1S/C9H13N5O/c1-6(3-4-10)14(2)9(15)8-7(11)5-12-13-8/h5-6H,3,11H2,1-2H3,(H,12,13). The molecule has 0 bridgehead atoms. The second-order valence-electron chi connectivity index (χ2n) is 3.33. The molecule has 6 heteroatoms. The van der Waals surface area contributed by atoms with Gasteiger partial charge in [-0.1, -0.05) is 0 Å². The molecule has 1 aromatic heterocycles. The number of rotatable bonds is 3. The van der Waals surface area contributed by atoms with Crippen molar-refractivity contribution < 1.29 is 4.79 Å². The molecule has 0 radical (unpaired) electrons. The minimum absolute atomic E-state index is 0.148.